The highest BCUT2D eigenvalue weighted by atomic mass is 79.9. The summed E-state index contributed by atoms with van der Waals surface area (Å²) in [5.41, 5.74) is 2.15. The molecular formula is C19H11BrClN3O2. The minimum absolute atomic E-state index is 0.240. The van der Waals surface area contributed by atoms with Crippen LogP contribution in [0.1, 0.15) is 0 Å². The second-order valence-corrected chi connectivity index (χ2v) is 7.05. The lowest BCUT2D eigenvalue weighted by molar-refractivity contribution is 1.06. The Morgan fingerprint density at radius 3 is 2.23 bits per heavy atom. The average molecular weight is 429 g/mol. The highest BCUT2D eigenvalue weighted by Gasteiger charge is 2.13. The van der Waals surface area contributed by atoms with Crippen LogP contribution in [-0.4, -0.2) is 15.0 Å². The topological polar surface area (TPSA) is 78.6 Å². The van der Waals surface area contributed by atoms with E-state index in [-0.39, 0.29) is 5.65 Å². The van der Waals surface area contributed by atoms with Crippen LogP contribution >= 0.6 is 27.5 Å². The van der Waals surface area contributed by atoms with Gasteiger partial charge in [0.1, 0.15) is 5.65 Å². The van der Waals surface area contributed by atoms with Crippen molar-refractivity contribution in [3.63, 3.8) is 0 Å². The smallest absolute Gasteiger partial charge is 0.291 e. The largest absolute Gasteiger partial charge is 0.327 e. The Kier molecular flexibility index (Phi) is 4.22. The van der Waals surface area contributed by atoms with Crippen molar-refractivity contribution in [1.29, 1.82) is 0 Å². The lowest BCUT2D eigenvalue weighted by atomic mass is 10.0. The van der Waals surface area contributed by atoms with Crippen LogP contribution in [0.15, 0.2) is 68.7 Å². The van der Waals surface area contributed by atoms with Gasteiger partial charge in [0.05, 0.1) is 11.1 Å². The molecule has 4 aromatic rings. The SMILES string of the molecule is O=c1[nH]c(=O)c2c(-c3ccc(Cl)cc3)cc(-c3ccc(Br)cc3)nc2[nH]1. The number of aromatic amines is 2. The number of pyridine rings is 1. The standard InChI is InChI=1S/C19H11BrClN3O2/c20-12-5-1-11(2-6-12)15-9-14(10-3-7-13(21)8-4-10)16-17(22-15)23-19(26)24-18(16)25/h1-9H,(H2,22,23,24,25,26). The van der Waals surface area contributed by atoms with E-state index in [0.29, 0.717) is 21.7 Å². The van der Waals surface area contributed by atoms with Gasteiger partial charge in [0, 0.05) is 20.6 Å². The van der Waals surface area contributed by atoms with E-state index >= 15 is 0 Å². The van der Waals surface area contributed by atoms with Crippen LogP contribution in [-0.2, 0) is 0 Å². The van der Waals surface area contributed by atoms with E-state index in [1.807, 2.05) is 42.5 Å². The first-order valence-corrected chi connectivity index (χ1v) is 8.87. The van der Waals surface area contributed by atoms with Gasteiger partial charge < -0.3 is 0 Å². The Hall–Kier alpha value is -2.70. The van der Waals surface area contributed by atoms with Crippen molar-refractivity contribution in [2.24, 2.45) is 0 Å². The lowest BCUT2D eigenvalue weighted by Crippen LogP contribution is -2.23. The molecule has 2 heterocycles. The fraction of sp³-hybridized carbons (Fsp3) is 0. The summed E-state index contributed by atoms with van der Waals surface area (Å²) in [5.74, 6) is 0. The highest BCUT2D eigenvalue weighted by molar-refractivity contribution is 9.10. The monoisotopic (exact) mass is 427 g/mol. The lowest BCUT2D eigenvalue weighted by Gasteiger charge is -2.09. The Morgan fingerprint density at radius 1 is 0.885 bits per heavy atom. The summed E-state index contributed by atoms with van der Waals surface area (Å²) < 4.78 is 0.949. The third-order valence-electron chi connectivity index (χ3n) is 4.00. The number of fused-ring (bicyclic) bond motifs is 1. The summed E-state index contributed by atoms with van der Waals surface area (Å²) >= 11 is 9.39. The van der Waals surface area contributed by atoms with Crippen LogP contribution in [0, 0.1) is 0 Å². The van der Waals surface area contributed by atoms with E-state index in [1.54, 1.807) is 12.1 Å². The van der Waals surface area contributed by atoms with Crippen LogP contribution < -0.4 is 11.2 Å². The zero-order valence-electron chi connectivity index (χ0n) is 13.2. The van der Waals surface area contributed by atoms with Gasteiger partial charge in [-0.15, -0.1) is 0 Å². The Bertz CT molecular complexity index is 1230. The Morgan fingerprint density at radius 2 is 1.54 bits per heavy atom. The summed E-state index contributed by atoms with van der Waals surface area (Å²) in [7, 11) is 0. The molecule has 5 nitrogen and oxygen atoms in total. The summed E-state index contributed by atoms with van der Waals surface area (Å²) in [6.07, 6.45) is 0. The van der Waals surface area contributed by atoms with Crippen molar-refractivity contribution in [3.05, 3.63) is 84.9 Å². The molecule has 0 saturated carbocycles. The summed E-state index contributed by atoms with van der Waals surface area (Å²) in [4.78, 5) is 33.5. The number of rotatable bonds is 2. The molecule has 0 radical (unpaired) electrons. The van der Waals surface area contributed by atoms with Gasteiger partial charge in [0.25, 0.3) is 5.56 Å². The number of aromatic nitrogens is 3. The molecule has 4 rings (SSSR count). The van der Waals surface area contributed by atoms with E-state index in [9.17, 15) is 9.59 Å². The zero-order chi connectivity index (χ0) is 18.3. The molecule has 0 bridgehead atoms. The van der Waals surface area contributed by atoms with Crippen LogP contribution in [0.2, 0.25) is 5.02 Å². The molecule has 0 atom stereocenters. The molecule has 0 spiro atoms. The summed E-state index contributed by atoms with van der Waals surface area (Å²) in [5, 5.41) is 0.926. The van der Waals surface area contributed by atoms with E-state index < -0.39 is 11.2 Å². The molecule has 0 saturated heterocycles. The predicted molar refractivity (Wildman–Crippen MR) is 107 cm³/mol. The van der Waals surface area contributed by atoms with Gasteiger partial charge in [-0.1, -0.05) is 51.8 Å². The Balaban J connectivity index is 2.07. The van der Waals surface area contributed by atoms with E-state index in [4.69, 9.17) is 11.6 Å². The van der Waals surface area contributed by atoms with Gasteiger partial charge in [-0.25, -0.2) is 9.78 Å². The van der Waals surface area contributed by atoms with Crippen LogP contribution in [0.4, 0.5) is 0 Å². The minimum Gasteiger partial charge on any atom is -0.291 e. The minimum atomic E-state index is -0.593. The maximum atomic E-state index is 12.4. The number of halogens is 2. The number of nitrogens with one attached hydrogen (secondary N) is 2. The van der Waals surface area contributed by atoms with Crippen LogP contribution in [0.5, 0.6) is 0 Å². The number of H-pyrrole nitrogens is 2. The molecule has 128 valence electrons. The molecule has 0 fully saturated rings. The fourth-order valence-electron chi connectivity index (χ4n) is 2.80. The van der Waals surface area contributed by atoms with E-state index in [0.717, 1.165) is 15.6 Å². The summed E-state index contributed by atoms with van der Waals surface area (Å²) in [6.45, 7) is 0. The molecule has 7 heteroatoms. The maximum absolute atomic E-state index is 12.4. The first-order chi connectivity index (χ1) is 12.5. The molecule has 26 heavy (non-hydrogen) atoms. The number of nitrogens with zero attached hydrogens (tertiary/aromatic N) is 1. The van der Waals surface area contributed by atoms with Gasteiger partial charge >= 0.3 is 5.69 Å². The first-order valence-electron chi connectivity index (χ1n) is 7.70. The van der Waals surface area contributed by atoms with Crippen molar-refractivity contribution in [1.82, 2.24) is 15.0 Å². The number of hydrogen-bond acceptors (Lipinski definition) is 3. The molecule has 2 aromatic carbocycles. The van der Waals surface area contributed by atoms with Crippen molar-refractivity contribution < 1.29 is 0 Å². The second kappa shape index (κ2) is 6.55. The van der Waals surface area contributed by atoms with Crippen LogP contribution in [0.3, 0.4) is 0 Å². The van der Waals surface area contributed by atoms with E-state index in [1.165, 1.54) is 0 Å². The van der Waals surface area contributed by atoms with Crippen LogP contribution in [0.25, 0.3) is 33.4 Å². The molecule has 0 aliphatic rings. The quantitative estimate of drug-likeness (QED) is 0.498. The summed E-state index contributed by atoms with van der Waals surface area (Å²) in [6, 6.07) is 16.6. The second-order valence-electron chi connectivity index (χ2n) is 5.70. The van der Waals surface area contributed by atoms with Crippen molar-refractivity contribution >= 4 is 38.6 Å². The first kappa shape index (κ1) is 16.8. The van der Waals surface area contributed by atoms with Gasteiger partial charge in [0.2, 0.25) is 0 Å². The average Bonchev–Trinajstić information content (AvgIpc) is 2.61. The van der Waals surface area contributed by atoms with E-state index in [2.05, 4.69) is 30.9 Å². The molecule has 2 aromatic heterocycles. The van der Waals surface area contributed by atoms with Crippen molar-refractivity contribution in [2.45, 2.75) is 0 Å². The number of hydrogen-bond donors (Lipinski definition) is 2. The van der Waals surface area contributed by atoms with Crippen molar-refractivity contribution in [3.8, 4) is 22.4 Å². The van der Waals surface area contributed by atoms with Gasteiger partial charge in [-0.3, -0.25) is 14.8 Å². The van der Waals surface area contributed by atoms with Crippen molar-refractivity contribution in [2.75, 3.05) is 0 Å². The van der Waals surface area contributed by atoms with Gasteiger partial charge in [0.15, 0.2) is 0 Å². The normalized spacial score (nSPS) is 11.0. The maximum Gasteiger partial charge on any atom is 0.327 e. The molecule has 2 N–H and O–H groups in total. The van der Waals surface area contributed by atoms with Gasteiger partial charge in [-0.2, -0.15) is 0 Å². The third-order valence-corrected chi connectivity index (χ3v) is 4.78. The molecule has 0 amide bonds. The third kappa shape index (κ3) is 3.09. The number of benzene rings is 2. The molecular weight excluding hydrogens is 418 g/mol. The zero-order valence-corrected chi connectivity index (χ0v) is 15.6. The molecule has 0 aliphatic carbocycles. The van der Waals surface area contributed by atoms with Gasteiger partial charge in [-0.05, 0) is 35.9 Å². The highest BCUT2D eigenvalue weighted by Crippen LogP contribution is 2.30. The Labute approximate surface area is 160 Å². The molecule has 0 unspecified atom stereocenters. The predicted octanol–water partition coefficient (Wildman–Crippen LogP) is 4.36. The fourth-order valence-corrected chi connectivity index (χ4v) is 3.19. The molecule has 0 aliphatic heterocycles.